The normalized spacial score (nSPS) is 18.9. The topological polar surface area (TPSA) is 51.2 Å². The van der Waals surface area contributed by atoms with Gasteiger partial charge in [-0.2, -0.15) is 0 Å². The maximum atomic E-state index is 12.4. The summed E-state index contributed by atoms with van der Waals surface area (Å²) < 4.78 is 37.0. The summed E-state index contributed by atoms with van der Waals surface area (Å²) in [6.45, 7) is 4.00. The first-order chi connectivity index (χ1) is 10.9. The van der Waals surface area contributed by atoms with Gasteiger partial charge >= 0.3 is 0 Å². The van der Waals surface area contributed by atoms with Gasteiger partial charge in [-0.3, -0.25) is 4.21 Å². The van der Waals surface area contributed by atoms with Crippen LogP contribution in [0.15, 0.2) is 63.7 Å². The molecule has 1 heterocycles. The van der Waals surface area contributed by atoms with E-state index in [4.69, 9.17) is 0 Å². The van der Waals surface area contributed by atoms with Crippen LogP contribution in [0.3, 0.4) is 0 Å². The first-order valence-corrected chi connectivity index (χ1v) is 10.8. The van der Waals surface area contributed by atoms with Gasteiger partial charge in [0.15, 0.2) is 9.84 Å². The van der Waals surface area contributed by atoms with Crippen molar-refractivity contribution in [1.82, 2.24) is 0 Å². The summed E-state index contributed by atoms with van der Waals surface area (Å²) in [6.07, 6.45) is 1.76. The van der Waals surface area contributed by atoms with Crippen LogP contribution in [0, 0.1) is 0 Å². The zero-order valence-electron chi connectivity index (χ0n) is 13.2. The van der Waals surface area contributed by atoms with Crippen molar-refractivity contribution in [3.63, 3.8) is 0 Å². The van der Waals surface area contributed by atoms with Crippen molar-refractivity contribution in [1.29, 1.82) is 0 Å². The van der Waals surface area contributed by atoms with Crippen molar-refractivity contribution < 1.29 is 12.6 Å². The van der Waals surface area contributed by atoms with E-state index in [0.717, 1.165) is 5.56 Å². The Kier molecular flexibility index (Phi) is 5.12. The molecule has 0 saturated heterocycles. The van der Waals surface area contributed by atoms with E-state index in [2.05, 4.69) is 5.87 Å². The fourth-order valence-electron chi connectivity index (χ4n) is 2.29. The quantitative estimate of drug-likeness (QED) is 0.794. The van der Waals surface area contributed by atoms with Gasteiger partial charge < -0.3 is 0 Å². The molecular weight excluding hydrogens is 328 g/mol. The first-order valence-electron chi connectivity index (χ1n) is 7.35. The molecule has 2 aromatic rings. The number of benzene rings is 2. The summed E-state index contributed by atoms with van der Waals surface area (Å²) in [5.74, 6) is 3.59. The lowest BCUT2D eigenvalue weighted by atomic mass is 10.1. The Bertz CT molecular complexity index is 923. The second kappa shape index (κ2) is 6.72. The third kappa shape index (κ3) is 3.74. The molecule has 1 aliphatic rings. The average molecular weight is 348 g/mol. The molecule has 1 unspecified atom stereocenters. The summed E-state index contributed by atoms with van der Waals surface area (Å²) in [4.78, 5) is 0.905. The van der Waals surface area contributed by atoms with Gasteiger partial charge in [-0.25, -0.2) is 8.42 Å². The maximum absolute atomic E-state index is 12.4. The molecule has 122 valence electrons. The SMILES string of the molecule is C=S1(=O)C=Cc2ccc(CS(=O)(=O)c3ccccc3)cc21.CC. The molecule has 3 nitrogen and oxygen atoms in total. The van der Waals surface area contributed by atoms with Gasteiger partial charge in [0.2, 0.25) is 0 Å². The van der Waals surface area contributed by atoms with E-state index in [1.165, 1.54) is 0 Å². The van der Waals surface area contributed by atoms with E-state index < -0.39 is 19.4 Å². The van der Waals surface area contributed by atoms with Crippen LogP contribution >= 0.6 is 0 Å². The zero-order valence-corrected chi connectivity index (χ0v) is 14.9. The van der Waals surface area contributed by atoms with E-state index in [1.807, 2.05) is 13.8 Å². The largest absolute Gasteiger partial charge is 0.259 e. The van der Waals surface area contributed by atoms with Gasteiger partial charge in [-0.1, -0.05) is 44.2 Å². The summed E-state index contributed by atoms with van der Waals surface area (Å²) >= 11 is 0. The highest BCUT2D eigenvalue weighted by atomic mass is 32.2. The minimum absolute atomic E-state index is 0.111. The fraction of sp³-hybridized carbons (Fsp3) is 0.167. The lowest BCUT2D eigenvalue weighted by Gasteiger charge is -2.08. The van der Waals surface area contributed by atoms with Crippen LogP contribution in [0.5, 0.6) is 0 Å². The smallest absolute Gasteiger partial charge is 0.182 e. The molecule has 5 heteroatoms. The van der Waals surface area contributed by atoms with Crippen molar-refractivity contribution in [3.8, 4) is 0 Å². The number of sulfone groups is 1. The minimum Gasteiger partial charge on any atom is -0.259 e. The highest BCUT2D eigenvalue weighted by Gasteiger charge is 2.19. The van der Waals surface area contributed by atoms with Crippen LogP contribution in [0.1, 0.15) is 25.0 Å². The monoisotopic (exact) mass is 348 g/mol. The van der Waals surface area contributed by atoms with Gasteiger partial charge in [-0.15, -0.1) is 0 Å². The molecule has 1 aliphatic heterocycles. The Balaban J connectivity index is 0.000000924. The molecule has 23 heavy (non-hydrogen) atoms. The van der Waals surface area contributed by atoms with Crippen molar-refractivity contribution in [3.05, 3.63) is 65.1 Å². The van der Waals surface area contributed by atoms with Crippen LogP contribution in [-0.4, -0.2) is 18.5 Å². The lowest BCUT2D eigenvalue weighted by Crippen LogP contribution is -2.05. The molecule has 0 amide bonds. The predicted molar refractivity (Wildman–Crippen MR) is 97.7 cm³/mol. The van der Waals surface area contributed by atoms with Gasteiger partial charge in [0, 0.05) is 14.4 Å². The predicted octanol–water partition coefficient (Wildman–Crippen LogP) is 3.75. The van der Waals surface area contributed by atoms with E-state index in [0.29, 0.717) is 15.4 Å². The number of rotatable bonds is 3. The maximum Gasteiger partial charge on any atom is 0.182 e. The molecule has 0 radical (unpaired) electrons. The molecular formula is C18H20O3S2. The van der Waals surface area contributed by atoms with Crippen molar-refractivity contribution in [2.75, 3.05) is 0 Å². The van der Waals surface area contributed by atoms with Crippen LogP contribution in [-0.2, 0) is 25.1 Å². The molecule has 0 N–H and O–H groups in total. The average Bonchev–Trinajstić information content (AvgIpc) is 2.85. The fourth-order valence-corrected chi connectivity index (χ4v) is 5.05. The Morgan fingerprint density at radius 3 is 2.35 bits per heavy atom. The summed E-state index contributed by atoms with van der Waals surface area (Å²) in [5, 5.41) is 1.58. The van der Waals surface area contributed by atoms with Crippen molar-refractivity contribution in [2.45, 2.75) is 29.4 Å². The molecule has 2 aromatic carbocycles. The van der Waals surface area contributed by atoms with E-state index in [1.54, 1.807) is 60.0 Å². The first kappa shape index (κ1) is 17.5. The van der Waals surface area contributed by atoms with Gasteiger partial charge in [-0.05, 0) is 46.7 Å². The Hall–Kier alpha value is -1.85. The number of hydrogen-bond acceptors (Lipinski definition) is 3. The van der Waals surface area contributed by atoms with Crippen LogP contribution < -0.4 is 0 Å². The minimum atomic E-state index is -3.40. The second-order valence-corrected chi connectivity index (χ2v) is 9.13. The van der Waals surface area contributed by atoms with Crippen LogP contribution in [0.4, 0.5) is 0 Å². The molecule has 3 rings (SSSR count). The zero-order chi connectivity index (χ0) is 17.1. The van der Waals surface area contributed by atoms with Gasteiger partial charge in [0.25, 0.3) is 0 Å². The number of hydrogen-bond donors (Lipinski definition) is 0. The van der Waals surface area contributed by atoms with Crippen molar-refractivity contribution in [2.24, 2.45) is 0 Å². The molecule has 0 spiro atoms. The van der Waals surface area contributed by atoms with E-state index in [9.17, 15) is 12.6 Å². The van der Waals surface area contributed by atoms with Gasteiger partial charge in [0.05, 0.1) is 10.6 Å². The Morgan fingerprint density at radius 1 is 1.04 bits per heavy atom. The third-order valence-corrected chi connectivity index (χ3v) is 6.75. The lowest BCUT2D eigenvalue weighted by molar-refractivity contribution is 0.595. The molecule has 0 aromatic heterocycles. The van der Waals surface area contributed by atoms with Crippen LogP contribution in [0.2, 0.25) is 0 Å². The molecule has 0 saturated carbocycles. The van der Waals surface area contributed by atoms with Crippen LogP contribution in [0.25, 0.3) is 6.08 Å². The standard InChI is InChI=1S/C16H14O3S2.C2H6/c1-20(17)10-9-14-8-7-13(11-16(14)20)12-21(18,19)15-5-3-2-4-6-15;1-2/h2-11H,1,12H2;1-2H3. The molecule has 1 atom stereocenters. The Labute approximate surface area is 138 Å². The van der Waals surface area contributed by atoms with E-state index >= 15 is 0 Å². The summed E-state index contributed by atoms with van der Waals surface area (Å²) in [5.41, 5.74) is 1.47. The number of fused-ring (bicyclic) bond motifs is 1. The summed E-state index contributed by atoms with van der Waals surface area (Å²) in [6, 6.07) is 13.6. The van der Waals surface area contributed by atoms with E-state index in [-0.39, 0.29) is 5.75 Å². The Morgan fingerprint density at radius 2 is 1.70 bits per heavy atom. The third-order valence-electron chi connectivity index (χ3n) is 3.38. The highest BCUT2D eigenvalue weighted by molar-refractivity contribution is 8.03. The van der Waals surface area contributed by atoms with Crippen molar-refractivity contribution >= 4 is 31.3 Å². The second-order valence-electron chi connectivity index (χ2n) is 4.97. The molecule has 0 bridgehead atoms. The van der Waals surface area contributed by atoms with Gasteiger partial charge in [0.1, 0.15) is 0 Å². The highest BCUT2D eigenvalue weighted by Crippen LogP contribution is 2.28. The molecule has 0 fully saturated rings. The molecule has 0 aliphatic carbocycles. The summed E-state index contributed by atoms with van der Waals surface area (Å²) in [7, 11) is -5.83.